The molecule has 0 radical (unpaired) electrons. The van der Waals surface area contributed by atoms with Crippen molar-refractivity contribution in [2.45, 2.75) is 58.8 Å². The second-order valence-electron chi connectivity index (χ2n) is 32.9. The van der Waals surface area contributed by atoms with Crippen molar-refractivity contribution in [3.8, 4) is 97.4 Å². The Balaban J connectivity index is 0.000000157. The van der Waals surface area contributed by atoms with E-state index in [1.807, 2.05) is 123 Å². The molecule has 0 aliphatic rings. The first-order valence-electron chi connectivity index (χ1n) is 44.5. The van der Waals surface area contributed by atoms with Crippen LogP contribution in [0.15, 0.2) is 411 Å². The molecule has 20 heteroatoms. The van der Waals surface area contributed by atoms with E-state index in [0.29, 0.717) is 95.7 Å². The summed E-state index contributed by atoms with van der Waals surface area (Å²) in [5.41, 5.74) is 16.1. The average Bonchev–Trinajstić information content (AvgIpc) is 0.838. The molecule has 698 valence electrons. The van der Waals surface area contributed by atoms with E-state index in [-0.39, 0.29) is 69.6 Å². The molecule has 0 unspecified atom stereocenters. The van der Waals surface area contributed by atoms with E-state index < -0.39 is 15.0 Å². The first-order chi connectivity index (χ1) is 67.1. The van der Waals surface area contributed by atoms with Gasteiger partial charge in [0.2, 0.25) is 0 Å². The molecule has 17 rings (SSSR count). The maximum absolute atomic E-state index is 12.7. The Kier molecular flexibility index (Phi) is 36.1. The quantitative estimate of drug-likeness (QED) is 0.0241. The van der Waals surface area contributed by atoms with Crippen LogP contribution < -0.4 is 76.9 Å². The van der Waals surface area contributed by atoms with Crippen molar-refractivity contribution in [2.75, 3.05) is 35.5 Å². The number of hydrogen-bond donors (Lipinski definition) is 0. The SMILES string of the molecule is COc1ccc(C(=O)c2ccc(Oc3ccc(-c4ccc(C)cc4)cc3)cc2)cc1.COc1ccc(C(=O)c2ccc(Oc3ccc(C(C)(C)c4ccc(C)cc4)cc3)cc2)cc1.COc1ccc(C(=O)c2ccc(Oc3ccc(C)cc3)cc2)cc1.COc1ccc(C(=O)c2ccc(Oc3ccc(C)cc3S(=O)(=O)[O-])cc2)cc1.COc1ccc(C(=O)c2ccc(Oc3cccc(C)c3)cc2)cc1.[Na+]. The number of methoxy groups -OCH3 is 5. The van der Waals surface area contributed by atoms with Gasteiger partial charge in [0, 0.05) is 61.0 Å². The summed E-state index contributed by atoms with van der Waals surface area (Å²) >= 11 is 0. The summed E-state index contributed by atoms with van der Waals surface area (Å²) in [7, 11) is 3.28. The van der Waals surface area contributed by atoms with Crippen molar-refractivity contribution >= 4 is 39.0 Å². The average molecular weight is 1890 g/mol. The number of aryl methyl sites for hydroxylation is 5. The van der Waals surface area contributed by atoms with E-state index in [9.17, 15) is 36.9 Å². The van der Waals surface area contributed by atoms with E-state index in [1.54, 1.807) is 255 Å². The molecule has 0 atom stereocenters. The van der Waals surface area contributed by atoms with Crippen LogP contribution in [0.5, 0.6) is 86.2 Å². The molecule has 0 amide bonds. The molecule has 0 aromatic heterocycles. The zero-order valence-corrected chi connectivity index (χ0v) is 82.8. The summed E-state index contributed by atoms with van der Waals surface area (Å²) < 4.78 is 89.0. The number of ether oxygens (including phenoxy) is 10. The van der Waals surface area contributed by atoms with Gasteiger partial charge in [-0.15, -0.1) is 0 Å². The van der Waals surface area contributed by atoms with Crippen LogP contribution in [0.25, 0.3) is 11.1 Å². The molecule has 0 bridgehead atoms. The predicted molar refractivity (Wildman–Crippen MR) is 543 cm³/mol. The van der Waals surface area contributed by atoms with E-state index in [2.05, 4.69) is 88.4 Å². The summed E-state index contributed by atoms with van der Waals surface area (Å²) in [6.45, 7) is 14.4. The second-order valence-corrected chi connectivity index (χ2v) is 34.2. The first-order valence-corrected chi connectivity index (χ1v) is 45.9. The molecule has 0 N–H and O–H groups in total. The van der Waals surface area contributed by atoms with E-state index in [1.165, 1.54) is 57.6 Å². The molecule has 0 aliphatic heterocycles. The number of carbonyl (C=O) groups is 5. The minimum Gasteiger partial charge on any atom is -0.744 e. The summed E-state index contributed by atoms with van der Waals surface area (Å²) in [4.78, 5) is 62.4. The van der Waals surface area contributed by atoms with Crippen LogP contribution in [0, 0.1) is 34.6 Å². The molecule has 140 heavy (non-hydrogen) atoms. The molecule has 0 fully saturated rings. The molecule has 0 aliphatic carbocycles. The fourth-order valence-corrected chi connectivity index (χ4v) is 15.0. The van der Waals surface area contributed by atoms with Gasteiger partial charge in [0.1, 0.15) is 96.4 Å². The number of carbonyl (C=O) groups excluding carboxylic acids is 5. The molecule has 18 nitrogen and oxygen atoms in total. The Labute approximate surface area is 839 Å². The maximum atomic E-state index is 12.7. The van der Waals surface area contributed by atoms with Gasteiger partial charge in [-0.3, -0.25) is 24.0 Å². The standard InChI is InChI=1S/C30H28O3.C27H22O3.C21H18O6S.2C21H18O3.Na/c1-21-5-11-24(12-6-21)30(2,3)25-13-19-28(20-14-25)33-27-17-9-23(10-18-27)29(31)22-7-15-26(32-4)16-8-22;1-19-3-5-20(6-4-19)21-7-15-25(16-8-21)30-26-17-11-23(12-18-26)27(28)22-9-13-24(29-2)14-10-22;1-14-3-12-19(20(13-14)28(23,24)25)27-18-10-6-16(7-11-18)21(22)15-4-8-17(26-2)9-5-15;1-15-3-9-19(10-4-15)24-20-13-7-17(8-14-20)21(22)16-5-11-18(23-2)12-6-16;1-15-4-3-5-20(14-15)24-19-12-8-17(9-13-19)21(22)16-6-10-18(23-2)11-7-16;/h5-20H,1-4H3;3-18H,1-2H3;3-13H,1-2H3,(H,23,24,25);2*3-14H,1-2H3;/q;;;;;+1/p-1. The Hall–Kier alpha value is -16.0. The number of benzene rings is 17. The molecule has 0 saturated carbocycles. The molecular formula is C120H103NaO18S. The van der Waals surface area contributed by atoms with Crippen molar-refractivity contribution in [1.82, 2.24) is 0 Å². The smallest absolute Gasteiger partial charge is 0.744 e. The molecule has 17 aromatic rings. The minimum absolute atomic E-state index is 0. The fraction of sp³-hybridized carbons (Fsp3) is 0.108. The molecule has 0 heterocycles. The number of rotatable bonds is 29. The van der Waals surface area contributed by atoms with Crippen LogP contribution in [0.4, 0.5) is 0 Å². The topological polar surface area (TPSA) is 235 Å². The molecule has 0 spiro atoms. The van der Waals surface area contributed by atoms with Crippen LogP contribution in [-0.4, -0.2) is 77.4 Å². The Bertz CT molecular complexity index is 7110. The van der Waals surface area contributed by atoms with Crippen LogP contribution in [0.3, 0.4) is 0 Å². The van der Waals surface area contributed by atoms with Crippen molar-refractivity contribution in [1.29, 1.82) is 0 Å². The van der Waals surface area contributed by atoms with Crippen LogP contribution in [-0.2, 0) is 15.5 Å². The summed E-state index contributed by atoms with van der Waals surface area (Å²) in [6, 6.07) is 123. The van der Waals surface area contributed by atoms with E-state index in [0.717, 1.165) is 57.1 Å². The minimum atomic E-state index is -4.68. The second kappa shape index (κ2) is 49.1. The maximum Gasteiger partial charge on any atom is 1.00 e. The van der Waals surface area contributed by atoms with E-state index in [4.69, 9.17) is 47.4 Å². The molecular weight excluding hydrogens is 1780 g/mol. The van der Waals surface area contributed by atoms with Crippen molar-refractivity contribution in [2.24, 2.45) is 0 Å². The zero-order valence-electron chi connectivity index (χ0n) is 79.9. The molecule has 17 aromatic carbocycles. The predicted octanol–water partition coefficient (Wildman–Crippen LogP) is 25.0. The van der Waals surface area contributed by atoms with Crippen LogP contribution >= 0.6 is 0 Å². The normalized spacial score (nSPS) is 10.6. The Morgan fingerprint density at radius 2 is 0.414 bits per heavy atom. The molecule has 0 saturated heterocycles. The van der Waals surface area contributed by atoms with Crippen LogP contribution in [0.1, 0.15) is 132 Å². The van der Waals surface area contributed by atoms with Crippen LogP contribution in [0.2, 0.25) is 0 Å². The number of ketones is 5. The van der Waals surface area contributed by atoms with Crippen molar-refractivity contribution in [3.05, 3.63) is 501 Å². The Morgan fingerprint density at radius 3 is 0.671 bits per heavy atom. The van der Waals surface area contributed by atoms with Gasteiger partial charge < -0.3 is 51.9 Å². The first kappa shape index (κ1) is 103. The summed E-state index contributed by atoms with van der Waals surface area (Å²) in [5.74, 6) is 9.34. The Morgan fingerprint density at radius 1 is 0.221 bits per heavy atom. The summed E-state index contributed by atoms with van der Waals surface area (Å²) in [5, 5.41) is 0. The van der Waals surface area contributed by atoms with E-state index >= 15 is 0 Å². The van der Waals surface area contributed by atoms with Gasteiger partial charge in [0.25, 0.3) is 0 Å². The van der Waals surface area contributed by atoms with Gasteiger partial charge >= 0.3 is 29.6 Å². The summed E-state index contributed by atoms with van der Waals surface area (Å²) in [6.07, 6.45) is 0. The van der Waals surface area contributed by atoms with Gasteiger partial charge in [-0.25, -0.2) is 8.42 Å². The van der Waals surface area contributed by atoms with Gasteiger partial charge in [-0.1, -0.05) is 134 Å². The largest absolute Gasteiger partial charge is 1.00 e. The van der Waals surface area contributed by atoms with Crippen molar-refractivity contribution < 1.29 is 114 Å². The van der Waals surface area contributed by atoms with Gasteiger partial charge in [0.05, 0.1) is 40.4 Å². The third-order valence-electron chi connectivity index (χ3n) is 22.5. The zero-order chi connectivity index (χ0) is 98.5. The third-order valence-corrected chi connectivity index (χ3v) is 23.3. The van der Waals surface area contributed by atoms with Crippen molar-refractivity contribution in [3.63, 3.8) is 0 Å². The van der Waals surface area contributed by atoms with Gasteiger partial charge in [-0.2, -0.15) is 0 Å². The monoisotopic (exact) mass is 1890 g/mol. The van der Waals surface area contributed by atoms with Gasteiger partial charge in [0.15, 0.2) is 28.9 Å². The third kappa shape index (κ3) is 28.8. The fourth-order valence-electron chi connectivity index (χ4n) is 14.3. The number of hydrogen-bond acceptors (Lipinski definition) is 18. The van der Waals surface area contributed by atoms with Gasteiger partial charge in [-0.05, 0) is 371 Å².